The monoisotopic (exact) mass is 493 g/mol. The highest BCUT2D eigenvalue weighted by molar-refractivity contribution is 14.0. The maximum absolute atomic E-state index is 5.00. The highest BCUT2D eigenvalue weighted by Gasteiger charge is 2.26. The molecule has 0 aromatic heterocycles. The van der Waals surface area contributed by atoms with Crippen molar-refractivity contribution < 1.29 is 0 Å². The van der Waals surface area contributed by atoms with Crippen molar-refractivity contribution in [2.75, 3.05) is 40.3 Å². The van der Waals surface area contributed by atoms with Gasteiger partial charge in [0.15, 0.2) is 5.96 Å². The van der Waals surface area contributed by atoms with E-state index in [1.54, 1.807) is 0 Å². The molecule has 1 aliphatic heterocycles. The van der Waals surface area contributed by atoms with Crippen LogP contribution >= 0.6 is 24.0 Å². The highest BCUT2D eigenvalue weighted by Crippen LogP contribution is 2.28. The summed E-state index contributed by atoms with van der Waals surface area (Å²) in [5, 5.41) is 7.18. The van der Waals surface area contributed by atoms with E-state index in [0.717, 1.165) is 25.0 Å². The quantitative estimate of drug-likeness (QED) is 0.324. The fourth-order valence-corrected chi connectivity index (χ4v) is 4.51. The number of nitrogens with zero attached hydrogens (tertiary/aromatic N) is 3. The second-order valence-corrected chi connectivity index (χ2v) is 8.70. The van der Waals surface area contributed by atoms with E-state index < -0.39 is 0 Å². The number of rotatable bonds is 7. The molecule has 1 heterocycles. The number of piperidine rings is 1. The molecule has 1 atom stereocenters. The standard InChI is InChI=1S/C21H43N5.HI/c1-6-22-21(24-19-12-14-26(15-13-19)17(2)3)23-16-20(25(4)5)18-10-8-7-9-11-18;/h17-20H,6-16H2,1-5H3,(H2,22,23,24);1H. The van der Waals surface area contributed by atoms with E-state index in [1.807, 2.05) is 0 Å². The Kier molecular flexibility index (Phi) is 12.2. The number of aliphatic imine (C=N–C) groups is 1. The Morgan fingerprint density at radius 2 is 1.70 bits per heavy atom. The molecule has 2 fully saturated rings. The smallest absolute Gasteiger partial charge is 0.191 e. The first-order chi connectivity index (χ1) is 12.5. The minimum Gasteiger partial charge on any atom is -0.357 e. The van der Waals surface area contributed by atoms with Gasteiger partial charge in [-0.2, -0.15) is 0 Å². The summed E-state index contributed by atoms with van der Waals surface area (Å²) < 4.78 is 0. The van der Waals surface area contributed by atoms with Gasteiger partial charge in [-0.15, -0.1) is 24.0 Å². The van der Waals surface area contributed by atoms with E-state index in [4.69, 9.17) is 4.99 Å². The van der Waals surface area contributed by atoms with Crippen LogP contribution in [0, 0.1) is 5.92 Å². The normalized spacial score (nSPS) is 22.0. The van der Waals surface area contributed by atoms with Gasteiger partial charge < -0.3 is 20.4 Å². The van der Waals surface area contributed by atoms with Gasteiger partial charge in [0.05, 0.1) is 6.54 Å². The lowest BCUT2D eigenvalue weighted by molar-refractivity contribution is 0.166. The molecule has 0 bridgehead atoms. The van der Waals surface area contributed by atoms with Gasteiger partial charge in [0.2, 0.25) is 0 Å². The number of halogens is 1. The van der Waals surface area contributed by atoms with Gasteiger partial charge in [0.25, 0.3) is 0 Å². The van der Waals surface area contributed by atoms with Gasteiger partial charge in [-0.25, -0.2) is 0 Å². The van der Waals surface area contributed by atoms with Crippen molar-refractivity contribution in [3.8, 4) is 0 Å². The van der Waals surface area contributed by atoms with E-state index in [2.05, 4.69) is 55.3 Å². The molecule has 160 valence electrons. The Morgan fingerprint density at radius 1 is 1.07 bits per heavy atom. The van der Waals surface area contributed by atoms with Crippen LogP contribution in [0.5, 0.6) is 0 Å². The van der Waals surface area contributed by atoms with Crippen LogP contribution in [0.2, 0.25) is 0 Å². The summed E-state index contributed by atoms with van der Waals surface area (Å²) in [6.07, 6.45) is 9.37. The topological polar surface area (TPSA) is 42.9 Å². The predicted octanol–water partition coefficient (Wildman–Crippen LogP) is 3.54. The van der Waals surface area contributed by atoms with Crippen molar-refractivity contribution in [1.29, 1.82) is 0 Å². The van der Waals surface area contributed by atoms with Crippen LogP contribution in [0.4, 0.5) is 0 Å². The van der Waals surface area contributed by atoms with E-state index >= 15 is 0 Å². The second kappa shape index (κ2) is 13.2. The molecule has 1 unspecified atom stereocenters. The minimum absolute atomic E-state index is 0. The molecule has 0 amide bonds. The van der Waals surface area contributed by atoms with Crippen molar-refractivity contribution in [3.05, 3.63) is 0 Å². The van der Waals surface area contributed by atoms with Crippen LogP contribution in [0.15, 0.2) is 4.99 Å². The summed E-state index contributed by atoms with van der Waals surface area (Å²) in [4.78, 5) is 9.97. The zero-order chi connectivity index (χ0) is 18.9. The Morgan fingerprint density at radius 3 is 2.22 bits per heavy atom. The van der Waals surface area contributed by atoms with E-state index in [0.29, 0.717) is 18.1 Å². The highest BCUT2D eigenvalue weighted by atomic mass is 127. The lowest BCUT2D eigenvalue weighted by Crippen LogP contribution is -2.50. The van der Waals surface area contributed by atoms with Crippen molar-refractivity contribution in [2.45, 2.75) is 83.8 Å². The number of nitrogens with one attached hydrogen (secondary N) is 2. The molecular weight excluding hydrogens is 449 g/mol. The fraction of sp³-hybridized carbons (Fsp3) is 0.952. The molecule has 0 aromatic carbocycles. The SMILES string of the molecule is CCNC(=NCC(C1CCCCC1)N(C)C)NC1CCN(C(C)C)CC1.I. The third-order valence-corrected chi connectivity index (χ3v) is 6.24. The first-order valence-corrected chi connectivity index (χ1v) is 11.0. The molecule has 2 rings (SSSR count). The number of likely N-dealkylation sites (N-methyl/N-ethyl adjacent to an activating group) is 1. The molecule has 5 nitrogen and oxygen atoms in total. The zero-order valence-corrected chi connectivity index (χ0v) is 20.7. The summed E-state index contributed by atoms with van der Waals surface area (Å²) >= 11 is 0. The third kappa shape index (κ3) is 8.44. The largest absolute Gasteiger partial charge is 0.357 e. The average molecular weight is 494 g/mol. The molecule has 2 aliphatic rings. The zero-order valence-electron chi connectivity index (χ0n) is 18.3. The van der Waals surface area contributed by atoms with Gasteiger partial charge in [0.1, 0.15) is 0 Å². The summed E-state index contributed by atoms with van der Waals surface area (Å²) in [7, 11) is 4.44. The molecule has 27 heavy (non-hydrogen) atoms. The summed E-state index contributed by atoms with van der Waals surface area (Å²) in [6.45, 7) is 11.0. The Balaban J connectivity index is 0.00000364. The Hall–Kier alpha value is -0.0800. The molecule has 1 saturated carbocycles. The lowest BCUT2D eigenvalue weighted by Gasteiger charge is -2.36. The van der Waals surface area contributed by atoms with Crippen molar-refractivity contribution in [2.24, 2.45) is 10.9 Å². The Labute approximate surface area is 185 Å². The molecular formula is C21H44IN5. The average Bonchev–Trinajstić information content (AvgIpc) is 2.63. The van der Waals surface area contributed by atoms with Gasteiger partial charge in [-0.1, -0.05) is 19.3 Å². The van der Waals surface area contributed by atoms with Crippen LogP contribution in [0.1, 0.15) is 65.7 Å². The molecule has 1 aliphatic carbocycles. The van der Waals surface area contributed by atoms with Crippen molar-refractivity contribution in [3.63, 3.8) is 0 Å². The van der Waals surface area contributed by atoms with Crippen molar-refractivity contribution in [1.82, 2.24) is 20.4 Å². The maximum Gasteiger partial charge on any atom is 0.191 e. The van der Waals surface area contributed by atoms with E-state index in [9.17, 15) is 0 Å². The van der Waals surface area contributed by atoms with Crippen LogP contribution < -0.4 is 10.6 Å². The maximum atomic E-state index is 5.00. The second-order valence-electron chi connectivity index (χ2n) is 8.70. The molecule has 0 aromatic rings. The van der Waals surface area contributed by atoms with Crippen LogP contribution in [-0.4, -0.2) is 74.2 Å². The minimum atomic E-state index is 0. The number of hydrogen-bond acceptors (Lipinski definition) is 3. The van der Waals surface area contributed by atoms with E-state index in [-0.39, 0.29) is 24.0 Å². The molecule has 0 spiro atoms. The first kappa shape index (κ1) is 25.0. The van der Waals surface area contributed by atoms with Gasteiger partial charge in [-0.05, 0) is 66.5 Å². The molecule has 1 saturated heterocycles. The third-order valence-electron chi connectivity index (χ3n) is 6.24. The summed E-state index contributed by atoms with van der Waals surface area (Å²) in [5.74, 6) is 1.82. The fourth-order valence-electron chi connectivity index (χ4n) is 4.51. The molecule has 6 heteroatoms. The number of guanidine groups is 1. The Bertz CT molecular complexity index is 413. The van der Waals surface area contributed by atoms with Gasteiger partial charge in [-0.3, -0.25) is 4.99 Å². The molecule has 0 radical (unpaired) electrons. The van der Waals surface area contributed by atoms with Crippen molar-refractivity contribution >= 4 is 29.9 Å². The van der Waals surface area contributed by atoms with Gasteiger partial charge in [0, 0.05) is 37.8 Å². The predicted molar refractivity (Wildman–Crippen MR) is 128 cm³/mol. The van der Waals surface area contributed by atoms with Crippen LogP contribution in [0.25, 0.3) is 0 Å². The lowest BCUT2D eigenvalue weighted by atomic mass is 9.83. The van der Waals surface area contributed by atoms with Crippen LogP contribution in [-0.2, 0) is 0 Å². The van der Waals surface area contributed by atoms with Crippen LogP contribution in [0.3, 0.4) is 0 Å². The summed E-state index contributed by atoms with van der Waals surface area (Å²) in [5.41, 5.74) is 0. The number of likely N-dealkylation sites (tertiary alicyclic amines) is 1. The number of hydrogen-bond donors (Lipinski definition) is 2. The summed E-state index contributed by atoms with van der Waals surface area (Å²) in [6, 6.07) is 1.78. The first-order valence-electron chi connectivity index (χ1n) is 11.0. The molecule has 2 N–H and O–H groups in total. The van der Waals surface area contributed by atoms with Gasteiger partial charge >= 0.3 is 0 Å². The van der Waals surface area contributed by atoms with E-state index in [1.165, 1.54) is 58.0 Å².